The van der Waals surface area contributed by atoms with Gasteiger partial charge >= 0.3 is 0 Å². The number of ether oxygens (including phenoxy) is 1. The fourth-order valence-corrected chi connectivity index (χ4v) is 2.70. The van der Waals surface area contributed by atoms with E-state index in [-0.39, 0.29) is 0 Å². The summed E-state index contributed by atoms with van der Waals surface area (Å²) in [6.45, 7) is 2.55. The predicted octanol–water partition coefficient (Wildman–Crippen LogP) is 2.70. The number of rotatable bonds is 4. The molecular formula is C17H19N3O. The number of aromatic nitrogens is 2. The first-order valence-electron chi connectivity index (χ1n) is 7.01. The van der Waals surface area contributed by atoms with Crippen LogP contribution in [0, 0.1) is 6.92 Å². The van der Waals surface area contributed by atoms with Gasteiger partial charge in [-0.1, -0.05) is 18.2 Å². The van der Waals surface area contributed by atoms with Gasteiger partial charge in [0, 0.05) is 18.7 Å². The Bertz CT molecular complexity index is 777. The third kappa shape index (κ3) is 2.50. The highest BCUT2D eigenvalue weighted by Crippen LogP contribution is 2.20. The zero-order valence-corrected chi connectivity index (χ0v) is 12.3. The zero-order chi connectivity index (χ0) is 14.8. The van der Waals surface area contributed by atoms with Crippen molar-refractivity contribution in [3.8, 4) is 5.75 Å². The molecule has 0 radical (unpaired) electrons. The van der Waals surface area contributed by atoms with Crippen LogP contribution in [0.2, 0.25) is 0 Å². The van der Waals surface area contributed by atoms with E-state index >= 15 is 0 Å². The first-order chi connectivity index (χ1) is 10.2. The van der Waals surface area contributed by atoms with Crippen molar-refractivity contribution in [3.63, 3.8) is 0 Å². The Kier molecular flexibility index (Phi) is 3.62. The Balaban J connectivity index is 2.06. The summed E-state index contributed by atoms with van der Waals surface area (Å²) in [6.07, 6.45) is 0.755. The quantitative estimate of drug-likeness (QED) is 0.800. The van der Waals surface area contributed by atoms with Gasteiger partial charge in [-0.15, -0.1) is 0 Å². The average molecular weight is 281 g/mol. The number of hydrogen-bond acceptors (Lipinski definition) is 3. The van der Waals surface area contributed by atoms with E-state index in [0.717, 1.165) is 34.9 Å². The number of fused-ring (bicyclic) bond motifs is 1. The molecule has 2 heterocycles. The maximum absolute atomic E-state index is 5.95. The second-order valence-corrected chi connectivity index (χ2v) is 5.10. The Morgan fingerprint density at radius 1 is 1.19 bits per heavy atom. The van der Waals surface area contributed by atoms with E-state index in [0.29, 0.717) is 6.54 Å². The summed E-state index contributed by atoms with van der Waals surface area (Å²) in [5, 5.41) is 0. The first kappa shape index (κ1) is 13.6. The fourth-order valence-electron chi connectivity index (χ4n) is 2.70. The molecule has 108 valence electrons. The number of pyridine rings is 1. The molecule has 3 aromatic rings. The first-order valence-corrected chi connectivity index (χ1v) is 7.01. The molecule has 0 aliphatic rings. The van der Waals surface area contributed by atoms with Crippen LogP contribution in [0.4, 0.5) is 0 Å². The largest absolute Gasteiger partial charge is 0.497 e. The molecule has 4 nitrogen and oxygen atoms in total. The van der Waals surface area contributed by atoms with E-state index in [2.05, 4.69) is 23.5 Å². The van der Waals surface area contributed by atoms with Crippen molar-refractivity contribution < 1.29 is 4.74 Å². The van der Waals surface area contributed by atoms with Crippen molar-refractivity contribution in [2.24, 2.45) is 5.73 Å². The molecule has 3 rings (SSSR count). The highest BCUT2D eigenvalue weighted by Gasteiger charge is 2.12. The molecule has 4 heteroatoms. The van der Waals surface area contributed by atoms with E-state index in [1.165, 1.54) is 5.56 Å². The Labute approximate surface area is 124 Å². The van der Waals surface area contributed by atoms with Gasteiger partial charge in [-0.3, -0.25) is 4.40 Å². The second-order valence-electron chi connectivity index (χ2n) is 5.10. The summed E-state index contributed by atoms with van der Waals surface area (Å²) in [7, 11) is 1.68. The van der Waals surface area contributed by atoms with E-state index < -0.39 is 0 Å². The number of methoxy groups -OCH3 is 1. The smallest absolute Gasteiger partial charge is 0.137 e. The van der Waals surface area contributed by atoms with E-state index in [9.17, 15) is 0 Å². The third-order valence-electron chi connectivity index (χ3n) is 3.72. The van der Waals surface area contributed by atoms with Crippen molar-refractivity contribution in [1.29, 1.82) is 0 Å². The predicted molar refractivity (Wildman–Crippen MR) is 83.6 cm³/mol. The van der Waals surface area contributed by atoms with Crippen LogP contribution in [0.1, 0.15) is 22.6 Å². The molecule has 0 spiro atoms. The molecule has 0 aliphatic heterocycles. The molecule has 0 atom stereocenters. The lowest BCUT2D eigenvalue weighted by Crippen LogP contribution is -2.06. The average Bonchev–Trinajstić information content (AvgIpc) is 2.86. The van der Waals surface area contributed by atoms with Crippen LogP contribution in [-0.4, -0.2) is 16.5 Å². The van der Waals surface area contributed by atoms with Crippen LogP contribution < -0.4 is 10.5 Å². The lowest BCUT2D eigenvalue weighted by molar-refractivity contribution is 0.414. The molecule has 0 amide bonds. The molecule has 1 aromatic carbocycles. The highest BCUT2D eigenvalue weighted by atomic mass is 16.5. The number of nitrogens with zero attached hydrogens (tertiary/aromatic N) is 2. The summed E-state index contributed by atoms with van der Waals surface area (Å²) < 4.78 is 7.41. The molecule has 2 N–H and O–H groups in total. The molecule has 0 fully saturated rings. The van der Waals surface area contributed by atoms with Gasteiger partial charge in [0.05, 0.1) is 18.5 Å². The molecule has 0 aliphatic carbocycles. The second kappa shape index (κ2) is 5.58. The van der Waals surface area contributed by atoms with Crippen molar-refractivity contribution in [3.05, 3.63) is 65.1 Å². The van der Waals surface area contributed by atoms with Gasteiger partial charge in [-0.25, -0.2) is 4.98 Å². The topological polar surface area (TPSA) is 52.5 Å². The molecule has 0 unspecified atom stereocenters. The number of aryl methyl sites for hydroxylation is 1. The normalized spacial score (nSPS) is 11.0. The van der Waals surface area contributed by atoms with Gasteiger partial charge in [-0.05, 0) is 36.8 Å². The fraction of sp³-hybridized carbons (Fsp3) is 0.235. The number of hydrogen-bond donors (Lipinski definition) is 1. The van der Waals surface area contributed by atoms with Crippen molar-refractivity contribution >= 4 is 5.65 Å². The van der Waals surface area contributed by atoms with E-state index in [1.54, 1.807) is 7.11 Å². The summed E-state index contributed by atoms with van der Waals surface area (Å²) in [6, 6.07) is 14.2. The number of benzene rings is 1. The molecule has 0 saturated heterocycles. The standard InChI is InChI=1S/C17H19N3O/c1-12-5-3-8-17-19-15(16(11-18)20(12)17)10-13-6-4-7-14(9-13)21-2/h3-9H,10-11,18H2,1-2H3. The van der Waals surface area contributed by atoms with E-state index in [4.69, 9.17) is 15.5 Å². The van der Waals surface area contributed by atoms with Crippen LogP contribution in [0.3, 0.4) is 0 Å². The molecule has 0 saturated carbocycles. The summed E-state index contributed by atoms with van der Waals surface area (Å²) in [5.41, 5.74) is 11.3. The minimum atomic E-state index is 0.478. The summed E-state index contributed by atoms with van der Waals surface area (Å²) >= 11 is 0. The zero-order valence-electron chi connectivity index (χ0n) is 12.3. The molecular weight excluding hydrogens is 262 g/mol. The monoisotopic (exact) mass is 281 g/mol. The molecule has 0 bridgehead atoms. The van der Waals surface area contributed by atoms with Gasteiger partial charge in [0.25, 0.3) is 0 Å². The third-order valence-corrected chi connectivity index (χ3v) is 3.72. The van der Waals surface area contributed by atoms with Gasteiger partial charge in [0.1, 0.15) is 11.4 Å². The van der Waals surface area contributed by atoms with Gasteiger partial charge < -0.3 is 10.5 Å². The lowest BCUT2D eigenvalue weighted by Gasteiger charge is -2.06. The summed E-state index contributed by atoms with van der Waals surface area (Å²) in [4.78, 5) is 4.74. The Morgan fingerprint density at radius 3 is 2.76 bits per heavy atom. The SMILES string of the molecule is COc1cccc(Cc2nc3cccc(C)n3c2CN)c1. The van der Waals surface area contributed by atoms with Crippen LogP contribution in [-0.2, 0) is 13.0 Å². The lowest BCUT2D eigenvalue weighted by atomic mass is 10.1. The number of imidazole rings is 1. The van der Waals surface area contributed by atoms with Crippen molar-refractivity contribution in [2.75, 3.05) is 7.11 Å². The van der Waals surface area contributed by atoms with Gasteiger partial charge in [-0.2, -0.15) is 0 Å². The Morgan fingerprint density at radius 2 is 2.00 bits per heavy atom. The molecule has 21 heavy (non-hydrogen) atoms. The Hall–Kier alpha value is -2.33. The van der Waals surface area contributed by atoms with Crippen LogP contribution in [0.5, 0.6) is 5.75 Å². The van der Waals surface area contributed by atoms with Crippen LogP contribution >= 0.6 is 0 Å². The highest BCUT2D eigenvalue weighted by molar-refractivity contribution is 5.46. The minimum Gasteiger partial charge on any atom is -0.497 e. The van der Waals surface area contributed by atoms with Crippen LogP contribution in [0.25, 0.3) is 5.65 Å². The maximum atomic E-state index is 5.95. The van der Waals surface area contributed by atoms with E-state index in [1.807, 2.05) is 30.3 Å². The summed E-state index contributed by atoms with van der Waals surface area (Å²) in [5.74, 6) is 0.863. The maximum Gasteiger partial charge on any atom is 0.137 e. The van der Waals surface area contributed by atoms with Crippen molar-refractivity contribution in [1.82, 2.24) is 9.38 Å². The van der Waals surface area contributed by atoms with Gasteiger partial charge in [0.2, 0.25) is 0 Å². The van der Waals surface area contributed by atoms with Crippen LogP contribution in [0.15, 0.2) is 42.5 Å². The molecule has 2 aromatic heterocycles. The van der Waals surface area contributed by atoms with Gasteiger partial charge in [0.15, 0.2) is 0 Å². The number of nitrogens with two attached hydrogens (primary N) is 1. The minimum absolute atomic E-state index is 0.478. The van der Waals surface area contributed by atoms with Crippen molar-refractivity contribution in [2.45, 2.75) is 19.9 Å².